The number of thioether (sulfide) groups is 1. The lowest BCUT2D eigenvalue weighted by Gasteiger charge is -2.36. The molecule has 7 heteroatoms. The van der Waals surface area contributed by atoms with Crippen molar-refractivity contribution in [3.63, 3.8) is 0 Å². The van der Waals surface area contributed by atoms with Gasteiger partial charge in [-0.25, -0.2) is 0 Å². The van der Waals surface area contributed by atoms with Gasteiger partial charge in [-0.05, 0) is 35.9 Å². The quantitative estimate of drug-likeness (QED) is 0.426. The molecule has 29 heavy (non-hydrogen) atoms. The number of amidine groups is 1. The largest absolute Gasteiger partial charge is 0.354 e. The van der Waals surface area contributed by atoms with E-state index in [1.54, 1.807) is 36.6 Å². The number of amides is 1. The van der Waals surface area contributed by atoms with Gasteiger partial charge >= 0.3 is 0 Å². The van der Waals surface area contributed by atoms with Gasteiger partial charge in [-0.1, -0.05) is 35.9 Å². The first-order valence-electron chi connectivity index (χ1n) is 13.0. The van der Waals surface area contributed by atoms with Gasteiger partial charge < -0.3 is 10.2 Å². The highest BCUT2D eigenvalue weighted by Gasteiger charge is 2.22. The van der Waals surface area contributed by atoms with Crippen molar-refractivity contribution in [2.45, 2.75) is 17.7 Å². The van der Waals surface area contributed by atoms with Crippen LogP contribution in [0.3, 0.4) is 0 Å². The van der Waals surface area contributed by atoms with Crippen molar-refractivity contribution in [3.05, 3.63) is 58.1 Å². The first kappa shape index (κ1) is 12.6. The van der Waals surface area contributed by atoms with Crippen LogP contribution in [0.25, 0.3) is 0 Å². The average molecular weight is 437 g/mol. The molecule has 0 saturated carbocycles. The van der Waals surface area contributed by atoms with Crippen LogP contribution in [-0.4, -0.2) is 60.3 Å². The lowest BCUT2D eigenvalue weighted by Crippen LogP contribution is -2.49. The summed E-state index contributed by atoms with van der Waals surface area (Å²) >= 11 is 7.60. The van der Waals surface area contributed by atoms with Gasteiger partial charge in [-0.2, -0.15) is 0 Å². The Morgan fingerprint density at radius 2 is 2.03 bits per heavy atom. The highest BCUT2D eigenvalue weighted by Crippen LogP contribution is 2.30. The van der Waals surface area contributed by atoms with Crippen molar-refractivity contribution in [3.8, 4) is 0 Å². The van der Waals surface area contributed by atoms with Gasteiger partial charge in [0, 0.05) is 59.2 Å². The Labute approximate surface area is 192 Å². The van der Waals surface area contributed by atoms with Crippen molar-refractivity contribution in [1.29, 1.82) is 5.41 Å². The molecule has 0 unspecified atom stereocenters. The predicted octanol–water partition coefficient (Wildman–Crippen LogP) is 3.74. The molecular formula is C22H25ClN4OS. The molecule has 2 aromatic carbocycles. The van der Waals surface area contributed by atoms with Crippen molar-refractivity contribution >= 4 is 40.8 Å². The summed E-state index contributed by atoms with van der Waals surface area (Å²) in [5, 5.41) is 11.6. The Morgan fingerprint density at radius 1 is 1.28 bits per heavy atom. The minimum absolute atomic E-state index is 0.0295. The monoisotopic (exact) mass is 436 g/mol. The fourth-order valence-corrected chi connectivity index (χ4v) is 4.04. The number of hydrogen-bond donors (Lipinski definition) is 2. The molecule has 2 aromatic rings. The van der Waals surface area contributed by atoms with E-state index in [4.69, 9.17) is 28.0 Å². The topological polar surface area (TPSA) is 59.4 Å². The SMILES string of the molecule is [2H]C1([2H])N(CCc2cc3c(cc2Cl)NC(=O)C3)C([2H])([2H])C([2H])([2H])N(C(=N)c2ccccc2SC)C1([2H])[2H]. The van der Waals surface area contributed by atoms with E-state index in [9.17, 15) is 4.79 Å². The molecule has 0 radical (unpaired) electrons. The van der Waals surface area contributed by atoms with Crippen LogP contribution in [0.15, 0.2) is 41.3 Å². The molecule has 0 aliphatic carbocycles. The summed E-state index contributed by atoms with van der Waals surface area (Å²) in [5.41, 5.74) is 1.91. The Morgan fingerprint density at radius 3 is 2.79 bits per heavy atom. The number of anilines is 1. The van der Waals surface area contributed by atoms with E-state index in [0.29, 0.717) is 26.6 Å². The summed E-state index contributed by atoms with van der Waals surface area (Å²) in [6, 6.07) is 9.68. The Hall–Kier alpha value is -2.02. The number of piperazine rings is 1. The molecule has 1 saturated heterocycles. The number of nitrogens with one attached hydrogen (secondary N) is 2. The Kier molecular flexibility index (Phi) is 3.82. The number of carbonyl (C=O) groups is 1. The highest BCUT2D eigenvalue weighted by molar-refractivity contribution is 7.98. The van der Waals surface area contributed by atoms with E-state index in [1.165, 1.54) is 17.8 Å². The number of benzene rings is 2. The number of hydrogen-bond acceptors (Lipinski definition) is 4. The summed E-state index contributed by atoms with van der Waals surface area (Å²) in [4.78, 5) is 13.0. The first-order valence-corrected chi connectivity index (χ1v) is 10.6. The van der Waals surface area contributed by atoms with Gasteiger partial charge in [-0.3, -0.25) is 15.1 Å². The van der Waals surface area contributed by atoms with Gasteiger partial charge in [-0.15, -0.1) is 11.8 Å². The fraction of sp³-hybridized carbons (Fsp3) is 0.364. The number of rotatable bonds is 5. The maximum atomic E-state index is 11.7. The van der Waals surface area contributed by atoms with Gasteiger partial charge in [0.1, 0.15) is 5.84 Å². The van der Waals surface area contributed by atoms with Crippen LogP contribution in [0.4, 0.5) is 5.69 Å². The van der Waals surface area contributed by atoms with Crippen LogP contribution >= 0.6 is 23.4 Å². The van der Waals surface area contributed by atoms with E-state index < -0.39 is 38.4 Å². The zero-order valence-corrected chi connectivity index (χ0v) is 17.2. The minimum atomic E-state index is -3.14. The molecule has 152 valence electrons. The van der Waals surface area contributed by atoms with Crippen molar-refractivity contribution in [2.75, 3.05) is 44.1 Å². The smallest absolute Gasteiger partial charge is 0.228 e. The summed E-state index contributed by atoms with van der Waals surface area (Å²) in [6.45, 7) is -12.8. The molecule has 0 aromatic heterocycles. The molecule has 0 atom stereocenters. The highest BCUT2D eigenvalue weighted by atomic mass is 35.5. The maximum Gasteiger partial charge on any atom is 0.228 e. The zero-order valence-electron chi connectivity index (χ0n) is 23.7. The molecule has 1 fully saturated rings. The zero-order chi connectivity index (χ0) is 27.6. The van der Waals surface area contributed by atoms with Gasteiger partial charge in [0.15, 0.2) is 0 Å². The van der Waals surface area contributed by atoms with E-state index in [1.807, 2.05) is 0 Å². The second kappa shape index (κ2) is 8.78. The molecular weight excluding hydrogens is 404 g/mol. The summed E-state index contributed by atoms with van der Waals surface area (Å²) in [5.74, 6) is -0.856. The molecule has 5 nitrogen and oxygen atoms in total. The molecule has 2 aliphatic rings. The maximum absolute atomic E-state index is 11.7. The summed E-state index contributed by atoms with van der Waals surface area (Å²) in [7, 11) is 0. The fourth-order valence-electron chi connectivity index (χ4n) is 3.18. The molecule has 1 amide bonds. The van der Waals surface area contributed by atoms with Crippen LogP contribution < -0.4 is 5.32 Å². The van der Waals surface area contributed by atoms with E-state index in [2.05, 4.69) is 5.32 Å². The third-order valence-corrected chi connectivity index (χ3v) is 5.83. The number of fused-ring (bicyclic) bond motifs is 1. The molecule has 0 bridgehead atoms. The number of carbonyl (C=O) groups excluding carboxylic acids is 1. The van der Waals surface area contributed by atoms with Crippen molar-refractivity contribution in [2.24, 2.45) is 0 Å². The summed E-state index contributed by atoms with van der Waals surface area (Å²) < 4.78 is 69.2. The minimum Gasteiger partial charge on any atom is -0.354 e. The van der Waals surface area contributed by atoms with Gasteiger partial charge in [0.05, 0.1) is 11.9 Å². The molecule has 2 heterocycles. The van der Waals surface area contributed by atoms with Crippen molar-refractivity contribution in [1.82, 2.24) is 9.80 Å². The van der Waals surface area contributed by atoms with E-state index in [0.717, 1.165) is 0 Å². The normalized spacial score (nSPS) is 27.7. The summed E-state index contributed by atoms with van der Waals surface area (Å²) in [6.07, 6.45) is 1.85. The van der Waals surface area contributed by atoms with E-state index in [-0.39, 0.29) is 34.2 Å². The van der Waals surface area contributed by atoms with Crippen LogP contribution in [0.2, 0.25) is 5.02 Å². The van der Waals surface area contributed by atoms with Crippen LogP contribution in [-0.2, 0) is 17.6 Å². The van der Waals surface area contributed by atoms with Crippen LogP contribution in [0, 0.1) is 5.41 Å². The predicted molar refractivity (Wildman–Crippen MR) is 121 cm³/mol. The van der Waals surface area contributed by atoms with Crippen molar-refractivity contribution < 1.29 is 15.8 Å². The Bertz CT molecular complexity index is 1250. The Balaban J connectivity index is 1.71. The van der Waals surface area contributed by atoms with Crippen LogP contribution in [0.5, 0.6) is 0 Å². The molecule has 2 aliphatic heterocycles. The molecule has 0 spiro atoms. The standard InChI is InChI=1S/C22H25ClN4OS/c1-29-20-5-3-2-4-17(20)22(24)27-10-8-26(9-11-27)7-6-15-12-16-13-21(28)25-19(16)14-18(15)23/h2-5,12,14,24H,6-11,13H2,1H3,(H,25,28)/i8D2,9D2,10D2,11D2. The van der Waals surface area contributed by atoms with E-state index >= 15 is 0 Å². The number of nitrogens with zero attached hydrogens (tertiary/aromatic N) is 2. The van der Waals surface area contributed by atoms with Crippen LogP contribution in [0.1, 0.15) is 27.7 Å². The third-order valence-electron chi connectivity index (χ3n) is 4.68. The average Bonchev–Trinajstić information content (AvgIpc) is 3.16. The third kappa shape index (κ3) is 4.44. The number of halogens is 1. The second-order valence-electron chi connectivity index (χ2n) is 6.56. The van der Waals surface area contributed by atoms with Gasteiger partial charge in [0.2, 0.25) is 5.91 Å². The van der Waals surface area contributed by atoms with Gasteiger partial charge in [0.25, 0.3) is 0 Å². The second-order valence-corrected chi connectivity index (χ2v) is 7.81. The molecule has 4 rings (SSSR count). The molecule has 2 N–H and O–H groups in total. The lowest BCUT2D eigenvalue weighted by atomic mass is 10.1. The lowest BCUT2D eigenvalue weighted by molar-refractivity contribution is -0.115. The first-order chi connectivity index (χ1) is 17.1.